The molecule has 0 aliphatic carbocycles. The van der Waals surface area contributed by atoms with Crippen LogP contribution in [0.1, 0.15) is 29.3 Å². The number of carbonyl (C=O) groups excluding carboxylic acids is 1. The van der Waals surface area contributed by atoms with E-state index in [2.05, 4.69) is 10.6 Å². The lowest BCUT2D eigenvalue weighted by atomic mass is 10.0. The molecule has 0 bridgehead atoms. The average Bonchev–Trinajstić information content (AvgIpc) is 2.71. The molecule has 2 aromatic rings. The number of anilines is 1. The molecule has 1 unspecified atom stereocenters. The molecule has 0 fully saturated rings. The molecule has 1 aliphatic rings. The topological polar surface area (TPSA) is 78.5 Å². The smallest absolute Gasteiger partial charge is 0.264 e. The summed E-state index contributed by atoms with van der Waals surface area (Å²) in [5, 5.41) is 5.86. The maximum absolute atomic E-state index is 13.2. The van der Waals surface area contributed by atoms with Crippen LogP contribution in [0, 0.1) is 0 Å². The van der Waals surface area contributed by atoms with Crippen LogP contribution < -0.4 is 14.9 Å². The van der Waals surface area contributed by atoms with E-state index in [0.717, 1.165) is 24.1 Å². The van der Waals surface area contributed by atoms with E-state index in [0.29, 0.717) is 18.7 Å². The van der Waals surface area contributed by atoms with Gasteiger partial charge >= 0.3 is 0 Å². The maximum atomic E-state index is 13.2. The summed E-state index contributed by atoms with van der Waals surface area (Å²) in [5.41, 5.74) is 2.09. The Hall–Kier alpha value is -2.38. The second kappa shape index (κ2) is 8.10. The van der Waals surface area contributed by atoms with Gasteiger partial charge in [-0.1, -0.05) is 24.3 Å². The van der Waals surface area contributed by atoms with Gasteiger partial charge in [0.25, 0.3) is 15.9 Å². The van der Waals surface area contributed by atoms with Crippen molar-refractivity contribution < 1.29 is 13.2 Å². The van der Waals surface area contributed by atoms with Crippen LogP contribution in [0.3, 0.4) is 0 Å². The number of para-hydroxylation sites is 1. The molecule has 1 atom stereocenters. The van der Waals surface area contributed by atoms with Crippen molar-refractivity contribution in [1.82, 2.24) is 10.6 Å². The lowest BCUT2D eigenvalue weighted by Crippen LogP contribution is -2.37. The summed E-state index contributed by atoms with van der Waals surface area (Å²) in [6.45, 7) is 2.86. The van der Waals surface area contributed by atoms with Gasteiger partial charge in [0.05, 0.1) is 10.6 Å². The zero-order valence-electron chi connectivity index (χ0n) is 15.6. The van der Waals surface area contributed by atoms with Gasteiger partial charge in [0.15, 0.2) is 0 Å². The summed E-state index contributed by atoms with van der Waals surface area (Å²) in [5.74, 6) is -0.284. The minimum absolute atomic E-state index is 0.130. The first-order chi connectivity index (χ1) is 12.9. The van der Waals surface area contributed by atoms with Gasteiger partial charge in [-0.05, 0) is 56.6 Å². The average molecular weight is 388 g/mol. The maximum Gasteiger partial charge on any atom is 0.264 e. The van der Waals surface area contributed by atoms with Gasteiger partial charge in [-0.3, -0.25) is 9.10 Å². The number of nitrogens with zero attached hydrogens (tertiary/aromatic N) is 1. The van der Waals surface area contributed by atoms with Crippen LogP contribution in [0.4, 0.5) is 5.69 Å². The molecule has 0 spiro atoms. The molecule has 0 aromatic heterocycles. The number of carbonyl (C=O) groups is 1. The molecule has 2 N–H and O–H groups in total. The molecule has 1 aliphatic heterocycles. The molecular weight excluding hydrogens is 362 g/mol. The van der Waals surface area contributed by atoms with Crippen LogP contribution in [-0.4, -0.2) is 40.5 Å². The quantitative estimate of drug-likeness (QED) is 0.796. The van der Waals surface area contributed by atoms with Crippen LogP contribution >= 0.6 is 0 Å². The monoisotopic (exact) mass is 387 g/mol. The highest BCUT2D eigenvalue weighted by atomic mass is 32.2. The van der Waals surface area contributed by atoms with Crippen molar-refractivity contribution in [2.75, 3.05) is 24.4 Å². The molecule has 0 saturated carbocycles. The van der Waals surface area contributed by atoms with E-state index in [9.17, 15) is 13.2 Å². The van der Waals surface area contributed by atoms with Gasteiger partial charge in [-0.2, -0.15) is 0 Å². The zero-order chi connectivity index (χ0) is 19.4. The summed E-state index contributed by atoms with van der Waals surface area (Å²) in [6.07, 6.45) is 1.65. The number of aryl methyl sites for hydroxylation is 1. The third kappa shape index (κ3) is 4.14. The van der Waals surface area contributed by atoms with Crippen LogP contribution in [0.25, 0.3) is 0 Å². The fourth-order valence-corrected chi connectivity index (χ4v) is 4.71. The number of rotatable bonds is 6. The number of sulfonamides is 1. The molecule has 2 aromatic carbocycles. The molecule has 3 rings (SSSR count). The SMILES string of the molecule is CNC(C)CNC(=O)c1cccc(S(=O)(=O)N2CCCc3ccccc32)c1. The van der Waals surface area contributed by atoms with E-state index in [1.807, 2.05) is 38.2 Å². The normalized spacial score (nSPS) is 15.1. The number of benzene rings is 2. The molecule has 0 radical (unpaired) electrons. The van der Waals surface area contributed by atoms with Crippen LogP contribution in [0.5, 0.6) is 0 Å². The summed E-state index contributed by atoms with van der Waals surface area (Å²) in [7, 11) is -1.91. The van der Waals surface area contributed by atoms with E-state index in [1.165, 1.54) is 10.4 Å². The summed E-state index contributed by atoms with van der Waals surface area (Å²) in [4.78, 5) is 12.5. The minimum Gasteiger partial charge on any atom is -0.350 e. The van der Waals surface area contributed by atoms with Crippen molar-refractivity contribution >= 4 is 21.6 Å². The second-order valence-corrected chi connectivity index (χ2v) is 8.60. The molecule has 1 heterocycles. The van der Waals surface area contributed by atoms with Crippen molar-refractivity contribution in [3.63, 3.8) is 0 Å². The highest BCUT2D eigenvalue weighted by Gasteiger charge is 2.29. The Morgan fingerprint density at radius 2 is 1.96 bits per heavy atom. The Labute approximate surface area is 160 Å². The molecule has 7 heteroatoms. The lowest BCUT2D eigenvalue weighted by Gasteiger charge is -2.30. The fraction of sp³-hybridized carbons (Fsp3) is 0.350. The molecule has 144 valence electrons. The van der Waals surface area contributed by atoms with Gasteiger partial charge in [-0.15, -0.1) is 0 Å². The van der Waals surface area contributed by atoms with E-state index < -0.39 is 10.0 Å². The molecule has 0 saturated heterocycles. The van der Waals surface area contributed by atoms with E-state index in [-0.39, 0.29) is 16.8 Å². The highest BCUT2D eigenvalue weighted by Crippen LogP contribution is 2.31. The fourth-order valence-electron chi connectivity index (χ4n) is 3.12. The van der Waals surface area contributed by atoms with Crippen LogP contribution in [-0.2, 0) is 16.4 Å². The number of hydrogen-bond acceptors (Lipinski definition) is 4. The number of hydrogen-bond donors (Lipinski definition) is 2. The van der Waals surface area contributed by atoms with Crippen molar-refractivity contribution in [1.29, 1.82) is 0 Å². The Morgan fingerprint density at radius 1 is 1.19 bits per heavy atom. The standard InChI is InChI=1S/C20H25N3O3S/c1-15(21-2)14-22-20(24)17-8-5-10-18(13-17)27(25,26)23-12-6-9-16-7-3-4-11-19(16)23/h3-5,7-8,10-11,13,15,21H,6,9,12,14H2,1-2H3,(H,22,24). The van der Waals surface area contributed by atoms with Gasteiger partial charge in [0, 0.05) is 24.7 Å². The highest BCUT2D eigenvalue weighted by molar-refractivity contribution is 7.92. The molecule has 27 heavy (non-hydrogen) atoms. The first kappa shape index (κ1) is 19.4. The molecule has 1 amide bonds. The summed E-state index contributed by atoms with van der Waals surface area (Å²) >= 11 is 0. The van der Waals surface area contributed by atoms with E-state index in [4.69, 9.17) is 0 Å². The zero-order valence-corrected chi connectivity index (χ0v) is 16.4. The van der Waals surface area contributed by atoms with Crippen LogP contribution in [0.2, 0.25) is 0 Å². The Kier molecular flexibility index (Phi) is 5.82. The summed E-state index contributed by atoms with van der Waals surface area (Å²) < 4.78 is 27.9. The van der Waals surface area contributed by atoms with Gasteiger partial charge < -0.3 is 10.6 Å². The number of fused-ring (bicyclic) bond motifs is 1. The van der Waals surface area contributed by atoms with E-state index in [1.54, 1.807) is 18.2 Å². The van der Waals surface area contributed by atoms with Gasteiger partial charge in [0.1, 0.15) is 0 Å². The molecular formula is C20H25N3O3S. The second-order valence-electron chi connectivity index (χ2n) is 6.74. The van der Waals surface area contributed by atoms with Crippen molar-refractivity contribution in [3.05, 3.63) is 59.7 Å². The minimum atomic E-state index is -3.73. The first-order valence-corrected chi connectivity index (χ1v) is 10.5. The Bertz CT molecular complexity index is 928. The van der Waals surface area contributed by atoms with Gasteiger partial charge in [0.2, 0.25) is 0 Å². The lowest BCUT2D eigenvalue weighted by molar-refractivity contribution is 0.0950. The predicted molar refractivity (Wildman–Crippen MR) is 107 cm³/mol. The van der Waals surface area contributed by atoms with E-state index >= 15 is 0 Å². The number of nitrogens with one attached hydrogen (secondary N) is 2. The number of likely N-dealkylation sites (N-methyl/N-ethyl adjacent to an activating group) is 1. The predicted octanol–water partition coefficient (Wildman–Crippen LogP) is 2.17. The third-order valence-electron chi connectivity index (χ3n) is 4.81. The first-order valence-electron chi connectivity index (χ1n) is 9.09. The Balaban J connectivity index is 1.87. The van der Waals surface area contributed by atoms with Crippen molar-refractivity contribution in [2.45, 2.75) is 30.7 Å². The molecule has 6 nitrogen and oxygen atoms in total. The van der Waals surface area contributed by atoms with Crippen molar-refractivity contribution in [3.8, 4) is 0 Å². The largest absolute Gasteiger partial charge is 0.350 e. The van der Waals surface area contributed by atoms with Gasteiger partial charge in [-0.25, -0.2) is 8.42 Å². The Morgan fingerprint density at radius 3 is 2.74 bits per heavy atom. The van der Waals surface area contributed by atoms with Crippen LogP contribution in [0.15, 0.2) is 53.4 Å². The van der Waals surface area contributed by atoms with Crippen molar-refractivity contribution in [2.24, 2.45) is 0 Å². The third-order valence-corrected chi connectivity index (χ3v) is 6.62. The number of amides is 1. The summed E-state index contributed by atoms with van der Waals surface area (Å²) in [6, 6.07) is 13.9.